The third-order valence-electron chi connectivity index (χ3n) is 12.3. The van der Waals surface area contributed by atoms with Crippen molar-refractivity contribution in [2.24, 2.45) is 0 Å². The number of hydrogen-bond donors (Lipinski definition) is 0. The van der Waals surface area contributed by atoms with E-state index in [4.69, 9.17) is 15.0 Å². The highest BCUT2D eigenvalue weighted by Crippen LogP contribution is 2.60. The van der Waals surface area contributed by atoms with Crippen molar-refractivity contribution in [1.82, 2.24) is 15.0 Å². The Morgan fingerprint density at radius 1 is 0.500 bits per heavy atom. The third-order valence-corrected chi connectivity index (χ3v) is 13.7. The van der Waals surface area contributed by atoms with Gasteiger partial charge in [-0.2, -0.15) is 0 Å². The number of rotatable bonds is 4. The van der Waals surface area contributed by atoms with Gasteiger partial charge in [-0.05, 0) is 75.0 Å². The Kier molecular flexibility index (Phi) is 7.36. The minimum atomic E-state index is -0.110. The Labute approximate surface area is 340 Å². The van der Waals surface area contributed by atoms with E-state index in [0.717, 1.165) is 73.1 Å². The number of benzene rings is 7. The smallest absolute Gasteiger partial charge is 0.0972 e. The SMILES string of the molecule is C[C@@]12CC=CC=C1Sc1c(-c3cc4ccccc4c4ccccc34)nc3cc(-c4cccc(-c5ccc6ccc7ccc(-c8ccccc8)nc7c6n5)c4)ccc3c12. The van der Waals surface area contributed by atoms with Gasteiger partial charge < -0.3 is 0 Å². The van der Waals surface area contributed by atoms with Crippen LogP contribution in [0.5, 0.6) is 0 Å². The zero-order valence-corrected chi connectivity index (χ0v) is 32.6. The first-order valence-electron chi connectivity index (χ1n) is 19.9. The first-order chi connectivity index (χ1) is 28.6. The van der Waals surface area contributed by atoms with Gasteiger partial charge in [0.15, 0.2) is 0 Å². The van der Waals surface area contributed by atoms with Crippen LogP contribution >= 0.6 is 11.8 Å². The van der Waals surface area contributed by atoms with Gasteiger partial charge in [0.2, 0.25) is 0 Å². The maximum atomic E-state index is 5.63. The second kappa shape index (κ2) is 12.8. The van der Waals surface area contributed by atoms with Crippen molar-refractivity contribution in [3.63, 3.8) is 0 Å². The highest BCUT2D eigenvalue weighted by atomic mass is 32.2. The average Bonchev–Trinajstić information content (AvgIpc) is 3.61. The van der Waals surface area contributed by atoms with Gasteiger partial charge in [-0.15, -0.1) is 0 Å². The highest BCUT2D eigenvalue weighted by molar-refractivity contribution is 8.03. The molecule has 1 atom stereocenters. The summed E-state index contributed by atoms with van der Waals surface area (Å²) in [6, 6.07) is 58.7. The Balaban J connectivity index is 1.02. The van der Waals surface area contributed by atoms with Gasteiger partial charge in [0, 0.05) is 48.1 Å². The van der Waals surface area contributed by atoms with E-state index >= 15 is 0 Å². The highest BCUT2D eigenvalue weighted by Gasteiger charge is 2.43. The third kappa shape index (κ3) is 5.11. The molecule has 0 saturated heterocycles. The Morgan fingerprint density at radius 2 is 1.16 bits per heavy atom. The molecule has 3 nitrogen and oxygen atoms in total. The van der Waals surface area contributed by atoms with E-state index in [1.165, 1.54) is 47.9 Å². The standard InChI is InChI=1S/C54H35N3S/c1-54-29-10-9-20-48(54)58-53-49(54)43-26-23-37(32-47(43)57-52(53)44-31-38-14-5-6-17-40(38)41-18-7-8-19-42(41)44)36-15-11-16-39(30-36)46-28-25-35-22-21-34-24-27-45(33-12-3-2-4-13-33)55-50(34)51(35)56-46/h2-28,30-32H,29H2,1H3/t54-/m1/s1. The number of fused-ring (bicyclic) bond motifs is 11. The molecular weight excluding hydrogens is 723 g/mol. The lowest BCUT2D eigenvalue weighted by Gasteiger charge is -2.28. The van der Waals surface area contributed by atoms with Gasteiger partial charge in [-0.3, -0.25) is 0 Å². The van der Waals surface area contributed by atoms with Gasteiger partial charge in [0.05, 0.1) is 33.6 Å². The van der Waals surface area contributed by atoms with E-state index in [1.807, 2.05) is 17.8 Å². The fourth-order valence-corrected chi connectivity index (χ4v) is 10.8. The normalized spacial score (nSPS) is 16.0. The van der Waals surface area contributed by atoms with Crippen molar-refractivity contribution < 1.29 is 0 Å². The lowest BCUT2D eigenvalue weighted by Crippen LogP contribution is -2.21. The van der Waals surface area contributed by atoms with Crippen LogP contribution in [0.15, 0.2) is 192 Å². The number of aromatic nitrogens is 3. The Bertz CT molecular complexity index is 3420. The second-order valence-electron chi connectivity index (χ2n) is 15.7. The summed E-state index contributed by atoms with van der Waals surface area (Å²) in [5.41, 5.74) is 12.7. The molecule has 1 aliphatic heterocycles. The number of pyridine rings is 3. The summed E-state index contributed by atoms with van der Waals surface area (Å²) in [4.78, 5) is 18.7. The van der Waals surface area contributed by atoms with Crippen LogP contribution in [-0.2, 0) is 5.41 Å². The molecule has 7 aromatic carbocycles. The van der Waals surface area contributed by atoms with Crippen molar-refractivity contribution >= 4 is 66.0 Å². The second-order valence-corrected chi connectivity index (χ2v) is 16.8. The molecule has 58 heavy (non-hydrogen) atoms. The van der Waals surface area contributed by atoms with Gasteiger partial charge in [0.25, 0.3) is 0 Å². The molecule has 0 bridgehead atoms. The quantitative estimate of drug-likeness (QED) is 0.168. The number of hydrogen-bond acceptors (Lipinski definition) is 4. The summed E-state index contributed by atoms with van der Waals surface area (Å²) in [7, 11) is 0. The van der Waals surface area contributed by atoms with Gasteiger partial charge >= 0.3 is 0 Å². The Hall–Kier alpha value is -6.88. The first-order valence-corrected chi connectivity index (χ1v) is 20.7. The first kappa shape index (κ1) is 33.3. The number of nitrogens with zero attached hydrogens (tertiary/aromatic N) is 3. The topological polar surface area (TPSA) is 38.7 Å². The fraction of sp³-hybridized carbons (Fsp3) is 0.0556. The van der Waals surface area contributed by atoms with E-state index in [2.05, 4.69) is 183 Å². The van der Waals surface area contributed by atoms with Crippen LogP contribution < -0.4 is 0 Å². The van der Waals surface area contributed by atoms with E-state index in [-0.39, 0.29) is 5.41 Å². The van der Waals surface area contributed by atoms with Crippen LogP contribution in [0.1, 0.15) is 18.9 Å². The molecule has 4 heterocycles. The van der Waals surface area contributed by atoms with E-state index in [0.29, 0.717) is 0 Å². The minimum Gasteiger partial charge on any atom is -0.247 e. The maximum absolute atomic E-state index is 5.63. The molecule has 0 fully saturated rings. The summed E-state index contributed by atoms with van der Waals surface area (Å²) in [5, 5.41) is 8.36. The molecule has 272 valence electrons. The summed E-state index contributed by atoms with van der Waals surface area (Å²) >= 11 is 1.91. The summed E-state index contributed by atoms with van der Waals surface area (Å²) < 4.78 is 0. The molecule has 0 unspecified atom stereocenters. The Morgan fingerprint density at radius 3 is 1.97 bits per heavy atom. The van der Waals surface area contributed by atoms with E-state index in [9.17, 15) is 0 Å². The zero-order chi connectivity index (χ0) is 38.4. The fourth-order valence-electron chi connectivity index (χ4n) is 9.29. The van der Waals surface area contributed by atoms with Crippen molar-refractivity contribution in [3.05, 3.63) is 192 Å². The molecule has 2 aliphatic rings. The van der Waals surface area contributed by atoms with E-state index in [1.54, 1.807) is 0 Å². The number of thioether (sulfide) groups is 1. The molecule has 0 spiro atoms. The molecule has 3 aromatic heterocycles. The zero-order valence-electron chi connectivity index (χ0n) is 31.8. The molecule has 4 heteroatoms. The van der Waals surface area contributed by atoms with Crippen LogP contribution in [0, 0.1) is 0 Å². The van der Waals surface area contributed by atoms with E-state index < -0.39 is 0 Å². The largest absolute Gasteiger partial charge is 0.247 e. The molecule has 1 aliphatic carbocycles. The van der Waals surface area contributed by atoms with Crippen LogP contribution in [-0.4, -0.2) is 15.0 Å². The van der Waals surface area contributed by atoms with Crippen LogP contribution in [0.4, 0.5) is 0 Å². The maximum Gasteiger partial charge on any atom is 0.0972 e. The van der Waals surface area contributed by atoms with Crippen molar-refractivity contribution in [2.75, 3.05) is 0 Å². The molecule has 0 N–H and O–H groups in total. The number of allylic oxidation sites excluding steroid dienone is 4. The molecule has 0 radical (unpaired) electrons. The minimum absolute atomic E-state index is 0.110. The van der Waals surface area contributed by atoms with Gasteiger partial charge in [-0.1, -0.05) is 170 Å². The van der Waals surface area contributed by atoms with Gasteiger partial charge in [-0.25, -0.2) is 15.0 Å². The van der Waals surface area contributed by atoms with Crippen molar-refractivity contribution in [3.8, 4) is 44.9 Å². The predicted molar refractivity (Wildman–Crippen MR) is 244 cm³/mol. The van der Waals surface area contributed by atoms with Crippen LogP contribution in [0.2, 0.25) is 0 Å². The van der Waals surface area contributed by atoms with Crippen molar-refractivity contribution in [2.45, 2.75) is 23.7 Å². The molecule has 0 saturated carbocycles. The monoisotopic (exact) mass is 757 g/mol. The summed E-state index contributed by atoms with van der Waals surface area (Å²) in [5.74, 6) is 0. The predicted octanol–water partition coefficient (Wildman–Crippen LogP) is 14.5. The van der Waals surface area contributed by atoms with Gasteiger partial charge in [0.1, 0.15) is 0 Å². The molecular formula is C54H35N3S. The van der Waals surface area contributed by atoms with Crippen LogP contribution in [0.3, 0.4) is 0 Å². The molecule has 0 amide bonds. The molecule has 10 aromatic rings. The lowest BCUT2D eigenvalue weighted by molar-refractivity contribution is 0.594. The average molecular weight is 758 g/mol. The lowest BCUT2D eigenvalue weighted by atomic mass is 9.75. The summed E-state index contributed by atoms with van der Waals surface area (Å²) in [6.45, 7) is 2.41. The van der Waals surface area contributed by atoms with Crippen LogP contribution in [0.25, 0.3) is 99.2 Å². The summed E-state index contributed by atoms with van der Waals surface area (Å²) in [6.07, 6.45) is 7.81. The molecule has 12 rings (SSSR count). The van der Waals surface area contributed by atoms with Crippen molar-refractivity contribution in [1.29, 1.82) is 0 Å².